The first-order chi connectivity index (χ1) is 11.1. The van der Waals surface area contributed by atoms with E-state index in [9.17, 15) is 4.79 Å². The van der Waals surface area contributed by atoms with Gasteiger partial charge in [-0.2, -0.15) is 0 Å². The monoisotopic (exact) mass is 314 g/mol. The summed E-state index contributed by atoms with van der Waals surface area (Å²) in [4.78, 5) is 11.5. The highest BCUT2D eigenvalue weighted by molar-refractivity contribution is 5.88. The lowest BCUT2D eigenvalue weighted by Crippen LogP contribution is -2.13. The van der Waals surface area contributed by atoms with Crippen molar-refractivity contribution >= 4 is 5.97 Å². The molecule has 1 aliphatic carbocycles. The molecule has 0 heterocycles. The number of hydrogen-bond acceptors (Lipinski definition) is 2. The van der Waals surface area contributed by atoms with Crippen LogP contribution >= 0.6 is 0 Å². The second-order valence-corrected chi connectivity index (χ2v) is 6.95. The highest BCUT2D eigenvalue weighted by atomic mass is 16.5. The number of carbonyl (C=O) groups is 1. The fourth-order valence-electron chi connectivity index (χ4n) is 3.47. The van der Waals surface area contributed by atoms with E-state index in [1.807, 2.05) is 12.1 Å². The Balaban J connectivity index is 1.82. The molecule has 0 unspecified atom stereocenters. The molecule has 2 heteroatoms. The molecule has 23 heavy (non-hydrogen) atoms. The fraction of sp³-hybridized carbons (Fsp3) is 0.571. The summed E-state index contributed by atoms with van der Waals surface area (Å²) in [7, 11) is 0. The molecular weight excluding hydrogens is 284 g/mol. The molecule has 0 saturated heterocycles. The fourth-order valence-corrected chi connectivity index (χ4v) is 3.47. The van der Waals surface area contributed by atoms with E-state index in [0.717, 1.165) is 5.92 Å². The number of rotatable bonds is 7. The topological polar surface area (TPSA) is 26.3 Å². The molecule has 2 rings (SSSR count). The predicted molar refractivity (Wildman–Crippen MR) is 95.7 cm³/mol. The lowest BCUT2D eigenvalue weighted by Gasteiger charge is -2.29. The number of esters is 1. The van der Waals surface area contributed by atoms with E-state index in [2.05, 4.69) is 25.6 Å². The van der Waals surface area contributed by atoms with Crippen LogP contribution < -0.4 is 4.74 Å². The largest absolute Gasteiger partial charge is 0.423 e. The first-order valence-electron chi connectivity index (χ1n) is 9.07. The number of benzene rings is 1. The zero-order valence-electron chi connectivity index (χ0n) is 14.6. The Kier molecular flexibility index (Phi) is 6.88. The Labute approximate surface area is 140 Å². The van der Waals surface area contributed by atoms with Crippen molar-refractivity contribution in [1.82, 2.24) is 0 Å². The molecule has 0 atom stereocenters. The Bertz CT molecular complexity index is 507. The maximum Gasteiger partial charge on any atom is 0.338 e. The van der Waals surface area contributed by atoms with Crippen molar-refractivity contribution in [2.45, 2.75) is 71.1 Å². The normalized spacial score (nSPS) is 21.0. The molecular formula is C21H30O2. The van der Waals surface area contributed by atoms with Gasteiger partial charge in [0.05, 0.1) is 0 Å². The maximum atomic E-state index is 11.5. The second-order valence-electron chi connectivity index (χ2n) is 6.95. The van der Waals surface area contributed by atoms with Crippen molar-refractivity contribution in [1.29, 1.82) is 0 Å². The van der Waals surface area contributed by atoms with Crippen molar-refractivity contribution in [2.75, 3.05) is 0 Å². The molecule has 1 aromatic carbocycles. The van der Waals surface area contributed by atoms with Gasteiger partial charge in [0.25, 0.3) is 0 Å². The van der Waals surface area contributed by atoms with Gasteiger partial charge in [0.2, 0.25) is 0 Å². The summed E-state index contributed by atoms with van der Waals surface area (Å²) in [6.45, 7) is 7.54. The standard InChI is InChI=1S/C21H30O2/c1-4-5-6-7-17-8-10-18(11-9-17)19-12-14-20(15-13-19)23-21(22)16(2)3/h12-15,17-18H,2,4-11H2,1,3H3. The van der Waals surface area contributed by atoms with Crippen LogP contribution in [0.5, 0.6) is 5.75 Å². The molecule has 1 aliphatic rings. The van der Waals surface area contributed by atoms with Crippen LogP contribution in [0.15, 0.2) is 36.4 Å². The van der Waals surface area contributed by atoms with Crippen LogP contribution in [0.2, 0.25) is 0 Å². The molecule has 1 fully saturated rings. The smallest absolute Gasteiger partial charge is 0.338 e. The number of unbranched alkanes of at least 4 members (excludes halogenated alkanes) is 2. The number of carbonyl (C=O) groups excluding carboxylic acids is 1. The summed E-state index contributed by atoms with van der Waals surface area (Å²) in [5, 5.41) is 0. The lowest BCUT2D eigenvalue weighted by molar-refractivity contribution is -0.130. The summed E-state index contributed by atoms with van der Waals surface area (Å²) >= 11 is 0. The Hall–Kier alpha value is -1.57. The van der Waals surface area contributed by atoms with Crippen molar-refractivity contribution in [3.63, 3.8) is 0 Å². The highest BCUT2D eigenvalue weighted by Crippen LogP contribution is 2.38. The molecule has 0 aliphatic heterocycles. The molecule has 0 radical (unpaired) electrons. The predicted octanol–water partition coefficient (Wildman–Crippen LogP) is 6.02. The summed E-state index contributed by atoms with van der Waals surface area (Å²) in [5.41, 5.74) is 1.81. The van der Waals surface area contributed by atoms with Crippen LogP contribution in [0.1, 0.15) is 76.7 Å². The van der Waals surface area contributed by atoms with Gasteiger partial charge in [-0.3, -0.25) is 0 Å². The van der Waals surface area contributed by atoms with Gasteiger partial charge in [0.1, 0.15) is 5.75 Å². The van der Waals surface area contributed by atoms with Crippen LogP contribution in [-0.4, -0.2) is 5.97 Å². The highest BCUT2D eigenvalue weighted by Gasteiger charge is 2.22. The molecule has 126 valence electrons. The SMILES string of the molecule is C=C(C)C(=O)Oc1ccc(C2CCC(CCCCC)CC2)cc1. The van der Waals surface area contributed by atoms with E-state index >= 15 is 0 Å². The Morgan fingerprint density at radius 1 is 1.13 bits per heavy atom. The molecule has 0 amide bonds. The van der Waals surface area contributed by atoms with Crippen molar-refractivity contribution in [3.8, 4) is 5.75 Å². The van der Waals surface area contributed by atoms with E-state index in [1.165, 1.54) is 56.9 Å². The first-order valence-corrected chi connectivity index (χ1v) is 9.07. The van der Waals surface area contributed by atoms with E-state index in [4.69, 9.17) is 4.74 Å². The van der Waals surface area contributed by atoms with Crippen LogP contribution in [0.3, 0.4) is 0 Å². The van der Waals surface area contributed by atoms with Gasteiger partial charge >= 0.3 is 5.97 Å². The number of ether oxygens (including phenoxy) is 1. The second kappa shape index (κ2) is 8.90. The first kappa shape index (κ1) is 17.8. The van der Waals surface area contributed by atoms with Gasteiger partial charge in [-0.25, -0.2) is 4.79 Å². The summed E-state index contributed by atoms with van der Waals surface area (Å²) < 4.78 is 5.25. The molecule has 0 aromatic heterocycles. The zero-order valence-corrected chi connectivity index (χ0v) is 14.6. The minimum Gasteiger partial charge on any atom is -0.423 e. The van der Waals surface area contributed by atoms with E-state index in [0.29, 0.717) is 17.2 Å². The van der Waals surface area contributed by atoms with Crippen LogP contribution in [-0.2, 0) is 4.79 Å². The minimum absolute atomic E-state index is 0.356. The Morgan fingerprint density at radius 3 is 2.35 bits per heavy atom. The van der Waals surface area contributed by atoms with Gasteiger partial charge in [-0.1, -0.05) is 51.3 Å². The van der Waals surface area contributed by atoms with Gasteiger partial charge in [0.15, 0.2) is 0 Å². The zero-order chi connectivity index (χ0) is 16.7. The molecule has 0 spiro atoms. The molecule has 1 saturated carbocycles. The van der Waals surface area contributed by atoms with Gasteiger partial charge in [-0.15, -0.1) is 0 Å². The van der Waals surface area contributed by atoms with E-state index < -0.39 is 0 Å². The van der Waals surface area contributed by atoms with Crippen molar-refractivity contribution in [3.05, 3.63) is 42.0 Å². The molecule has 1 aromatic rings. The maximum absolute atomic E-state index is 11.5. The van der Waals surface area contributed by atoms with Crippen LogP contribution in [0.4, 0.5) is 0 Å². The average Bonchev–Trinajstić information content (AvgIpc) is 2.56. The van der Waals surface area contributed by atoms with Crippen molar-refractivity contribution in [2.24, 2.45) is 5.92 Å². The van der Waals surface area contributed by atoms with Crippen LogP contribution in [0.25, 0.3) is 0 Å². The van der Waals surface area contributed by atoms with E-state index in [1.54, 1.807) is 6.92 Å². The number of hydrogen-bond donors (Lipinski definition) is 0. The third kappa shape index (κ3) is 5.53. The third-order valence-corrected chi connectivity index (χ3v) is 4.97. The van der Waals surface area contributed by atoms with Gasteiger partial charge < -0.3 is 4.74 Å². The van der Waals surface area contributed by atoms with Crippen molar-refractivity contribution < 1.29 is 9.53 Å². The average molecular weight is 314 g/mol. The molecule has 0 N–H and O–H groups in total. The molecule has 2 nitrogen and oxygen atoms in total. The quantitative estimate of drug-likeness (QED) is 0.266. The van der Waals surface area contributed by atoms with E-state index in [-0.39, 0.29) is 5.97 Å². The summed E-state index contributed by atoms with van der Waals surface area (Å²) in [6.07, 6.45) is 10.8. The lowest BCUT2D eigenvalue weighted by atomic mass is 9.77. The van der Waals surface area contributed by atoms with Crippen LogP contribution in [0, 0.1) is 5.92 Å². The Morgan fingerprint density at radius 2 is 1.78 bits per heavy atom. The van der Waals surface area contributed by atoms with Gasteiger partial charge in [0, 0.05) is 5.57 Å². The minimum atomic E-state index is -0.356. The summed E-state index contributed by atoms with van der Waals surface area (Å²) in [6, 6.07) is 8.04. The molecule has 0 bridgehead atoms. The summed E-state index contributed by atoms with van der Waals surface area (Å²) in [5.74, 6) is 1.86. The third-order valence-electron chi connectivity index (χ3n) is 4.97. The van der Waals surface area contributed by atoms with Gasteiger partial charge in [-0.05, 0) is 62.1 Å².